The van der Waals surface area contributed by atoms with E-state index in [-0.39, 0.29) is 30.1 Å². The maximum absolute atomic E-state index is 12.6. The number of aromatic amines is 1. The highest BCUT2D eigenvalue weighted by Crippen LogP contribution is 2.35. The number of hydrogen-bond acceptors (Lipinski definition) is 7. The summed E-state index contributed by atoms with van der Waals surface area (Å²) >= 11 is 1.24. The SMILES string of the molecule is C[C@H](CCc1ccccc1)NC(=O)CSc1nc(-c2ccc3c(c2)OCO3)nc2cc(=O)[nH]n12. The highest BCUT2D eigenvalue weighted by molar-refractivity contribution is 7.99. The third-order valence-electron chi connectivity index (χ3n) is 5.40. The summed E-state index contributed by atoms with van der Waals surface area (Å²) in [6, 6.07) is 17.1. The third-order valence-corrected chi connectivity index (χ3v) is 6.34. The Balaban J connectivity index is 1.28. The molecule has 0 fully saturated rings. The molecule has 9 nitrogen and oxygen atoms in total. The first-order chi connectivity index (χ1) is 16.5. The number of ether oxygens (including phenoxy) is 2. The van der Waals surface area contributed by atoms with E-state index in [4.69, 9.17) is 9.47 Å². The lowest BCUT2D eigenvalue weighted by atomic mass is 10.1. The summed E-state index contributed by atoms with van der Waals surface area (Å²) in [5.41, 5.74) is 2.10. The van der Waals surface area contributed by atoms with Gasteiger partial charge in [0, 0.05) is 17.7 Å². The quantitative estimate of drug-likeness (QED) is 0.375. The number of amides is 1. The summed E-state index contributed by atoms with van der Waals surface area (Å²) in [5, 5.41) is 6.19. The molecule has 1 amide bonds. The monoisotopic (exact) mass is 477 g/mol. The summed E-state index contributed by atoms with van der Waals surface area (Å²) < 4.78 is 12.3. The molecule has 0 saturated heterocycles. The van der Waals surface area contributed by atoms with Crippen molar-refractivity contribution in [1.29, 1.82) is 0 Å². The van der Waals surface area contributed by atoms with Gasteiger partial charge in [-0.05, 0) is 43.5 Å². The molecule has 34 heavy (non-hydrogen) atoms. The van der Waals surface area contributed by atoms with E-state index < -0.39 is 0 Å². The van der Waals surface area contributed by atoms with Gasteiger partial charge in [0.15, 0.2) is 28.1 Å². The highest BCUT2D eigenvalue weighted by Gasteiger charge is 2.18. The molecule has 4 aromatic rings. The zero-order valence-corrected chi connectivity index (χ0v) is 19.3. The predicted molar refractivity (Wildman–Crippen MR) is 128 cm³/mol. The van der Waals surface area contributed by atoms with Crippen LogP contribution in [0.5, 0.6) is 11.5 Å². The maximum atomic E-state index is 12.6. The fraction of sp³-hybridized carbons (Fsp3) is 0.250. The normalized spacial score (nSPS) is 13.2. The van der Waals surface area contributed by atoms with Crippen LogP contribution < -0.4 is 20.3 Å². The van der Waals surface area contributed by atoms with Crippen molar-refractivity contribution in [3.05, 3.63) is 70.5 Å². The molecule has 1 aliphatic rings. The van der Waals surface area contributed by atoms with Gasteiger partial charge in [-0.3, -0.25) is 14.7 Å². The molecule has 10 heteroatoms. The molecule has 0 saturated carbocycles. The lowest BCUT2D eigenvalue weighted by Crippen LogP contribution is -2.34. The van der Waals surface area contributed by atoms with Gasteiger partial charge < -0.3 is 14.8 Å². The summed E-state index contributed by atoms with van der Waals surface area (Å²) in [5.74, 6) is 1.76. The molecule has 5 rings (SSSR count). The van der Waals surface area contributed by atoms with Crippen LogP contribution in [0.3, 0.4) is 0 Å². The Kier molecular flexibility index (Phi) is 6.22. The smallest absolute Gasteiger partial charge is 0.266 e. The Hall–Kier alpha value is -3.79. The zero-order chi connectivity index (χ0) is 23.5. The maximum Gasteiger partial charge on any atom is 0.266 e. The Bertz CT molecular complexity index is 1390. The van der Waals surface area contributed by atoms with Crippen molar-refractivity contribution in [1.82, 2.24) is 24.9 Å². The van der Waals surface area contributed by atoms with Gasteiger partial charge in [0.05, 0.1) is 5.75 Å². The van der Waals surface area contributed by atoms with Crippen molar-refractivity contribution in [3.63, 3.8) is 0 Å². The molecule has 0 radical (unpaired) electrons. The van der Waals surface area contributed by atoms with Crippen LogP contribution in [0.15, 0.2) is 64.5 Å². The molecule has 1 atom stereocenters. The molecule has 174 valence electrons. The van der Waals surface area contributed by atoms with Crippen LogP contribution in [0.25, 0.3) is 17.0 Å². The molecule has 2 aromatic heterocycles. The number of nitrogens with zero attached hydrogens (tertiary/aromatic N) is 3. The number of hydrogen-bond donors (Lipinski definition) is 2. The van der Waals surface area contributed by atoms with Gasteiger partial charge >= 0.3 is 0 Å². The largest absolute Gasteiger partial charge is 0.454 e. The van der Waals surface area contributed by atoms with Gasteiger partial charge in [-0.25, -0.2) is 14.5 Å². The average Bonchev–Trinajstić information content (AvgIpc) is 3.46. The fourth-order valence-electron chi connectivity index (χ4n) is 3.69. The fourth-order valence-corrected chi connectivity index (χ4v) is 4.45. The third kappa shape index (κ3) is 4.91. The molecule has 2 N–H and O–H groups in total. The minimum atomic E-state index is -0.294. The molecule has 2 aromatic carbocycles. The molecule has 0 spiro atoms. The standard InChI is InChI=1S/C24H23N5O4S/c1-15(7-8-16-5-3-2-4-6-16)25-22(31)13-34-24-27-23(26-20-12-21(30)28-29(20)24)17-9-10-18-19(11-17)33-14-32-18/h2-6,9-12,15H,7-8,13-14H2,1H3,(H,25,31)(H,28,30)/t15-/m1/s1. The number of thioether (sulfide) groups is 1. The second-order valence-corrected chi connectivity index (χ2v) is 8.94. The lowest BCUT2D eigenvalue weighted by molar-refractivity contribution is -0.119. The minimum absolute atomic E-state index is 0.0364. The van der Waals surface area contributed by atoms with Gasteiger partial charge in [-0.2, -0.15) is 0 Å². The van der Waals surface area contributed by atoms with E-state index in [1.807, 2.05) is 31.2 Å². The average molecular weight is 478 g/mol. The second kappa shape index (κ2) is 9.60. The first-order valence-electron chi connectivity index (χ1n) is 10.9. The first kappa shape index (κ1) is 22.0. The van der Waals surface area contributed by atoms with Crippen LogP contribution in [0.1, 0.15) is 18.9 Å². The molecule has 0 aliphatic carbocycles. The summed E-state index contributed by atoms with van der Waals surface area (Å²) in [7, 11) is 0. The number of rotatable bonds is 8. The second-order valence-electron chi connectivity index (χ2n) is 7.99. The number of nitrogens with one attached hydrogen (secondary N) is 2. The van der Waals surface area contributed by atoms with Crippen molar-refractivity contribution in [3.8, 4) is 22.9 Å². The van der Waals surface area contributed by atoms with Crippen LogP contribution in [0, 0.1) is 0 Å². The predicted octanol–water partition coefficient (Wildman–Crippen LogP) is 3.04. The number of H-pyrrole nitrogens is 1. The van der Waals surface area contributed by atoms with Crippen molar-refractivity contribution >= 4 is 23.3 Å². The Morgan fingerprint density at radius 3 is 2.82 bits per heavy atom. The van der Waals surface area contributed by atoms with Gasteiger partial charge in [0.25, 0.3) is 5.56 Å². The van der Waals surface area contributed by atoms with E-state index in [1.165, 1.54) is 27.9 Å². The van der Waals surface area contributed by atoms with Crippen LogP contribution in [-0.2, 0) is 11.2 Å². The van der Waals surface area contributed by atoms with Gasteiger partial charge in [-0.15, -0.1) is 0 Å². The van der Waals surface area contributed by atoms with Crippen molar-refractivity contribution in [2.24, 2.45) is 0 Å². The van der Waals surface area contributed by atoms with Gasteiger partial charge in [-0.1, -0.05) is 42.1 Å². The molecular weight excluding hydrogens is 454 g/mol. The van der Waals surface area contributed by atoms with Crippen LogP contribution in [-0.4, -0.2) is 44.1 Å². The van der Waals surface area contributed by atoms with E-state index in [1.54, 1.807) is 12.1 Å². The lowest BCUT2D eigenvalue weighted by Gasteiger charge is -2.14. The number of carbonyl (C=O) groups is 1. The van der Waals surface area contributed by atoms with Crippen molar-refractivity contribution in [2.45, 2.75) is 31.0 Å². The first-order valence-corrected chi connectivity index (χ1v) is 11.9. The Morgan fingerprint density at radius 1 is 1.15 bits per heavy atom. The number of benzene rings is 2. The highest BCUT2D eigenvalue weighted by atomic mass is 32.2. The molecule has 3 heterocycles. The minimum Gasteiger partial charge on any atom is -0.454 e. The molecule has 1 aliphatic heterocycles. The molecule has 0 bridgehead atoms. The van der Waals surface area contributed by atoms with E-state index in [0.717, 1.165) is 18.4 Å². The van der Waals surface area contributed by atoms with E-state index in [0.29, 0.717) is 28.1 Å². The number of aryl methyl sites for hydroxylation is 1. The van der Waals surface area contributed by atoms with Crippen LogP contribution in [0.2, 0.25) is 0 Å². The Morgan fingerprint density at radius 2 is 1.97 bits per heavy atom. The van der Waals surface area contributed by atoms with E-state index >= 15 is 0 Å². The van der Waals surface area contributed by atoms with Crippen LogP contribution >= 0.6 is 11.8 Å². The van der Waals surface area contributed by atoms with E-state index in [9.17, 15) is 9.59 Å². The number of fused-ring (bicyclic) bond motifs is 2. The molecular formula is C24H23N5O4S. The summed E-state index contributed by atoms with van der Waals surface area (Å²) in [4.78, 5) is 33.6. The van der Waals surface area contributed by atoms with Gasteiger partial charge in [0.2, 0.25) is 12.7 Å². The summed E-state index contributed by atoms with van der Waals surface area (Å²) in [6.07, 6.45) is 1.74. The Labute approximate surface area is 199 Å². The number of carbonyl (C=O) groups excluding carboxylic acids is 1. The van der Waals surface area contributed by atoms with Crippen molar-refractivity contribution in [2.75, 3.05) is 12.5 Å². The number of aromatic nitrogens is 4. The summed E-state index contributed by atoms with van der Waals surface area (Å²) in [6.45, 7) is 2.17. The molecule has 0 unspecified atom stereocenters. The zero-order valence-electron chi connectivity index (χ0n) is 18.5. The van der Waals surface area contributed by atoms with E-state index in [2.05, 4.69) is 32.5 Å². The topological polar surface area (TPSA) is 111 Å². The van der Waals surface area contributed by atoms with Crippen molar-refractivity contribution < 1.29 is 14.3 Å². The van der Waals surface area contributed by atoms with Crippen LogP contribution in [0.4, 0.5) is 0 Å². The van der Waals surface area contributed by atoms with Gasteiger partial charge in [0.1, 0.15) is 0 Å².